The molecule has 3 N–H and O–H groups in total. The maximum atomic E-state index is 5.51. The summed E-state index contributed by atoms with van der Waals surface area (Å²) in [6.07, 6.45) is 1.63. The maximum absolute atomic E-state index is 5.51. The van der Waals surface area contributed by atoms with E-state index in [1.54, 1.807) is 6.20 Å². The number of nitrogens with zero attached hydrogens (tertiary/aromatic N) is 2. The van der Waals surface area contributed by atoms with E-state index >= 15 is 0 Å². The molecular weight excluding hydrogens is 208 g/mol. The summed E-state index contributed by atoms with van der Waals surface area (Å²) in [5.41, 5.74) is 5.51. The van der Waals surface area contributed by atoms with Crippen LogP contribution in [0.25, 0.3) is 0 Å². The van der Waals surface area contributed by atoms with Gasteiger partial charge in [0.15, 0.2) is 0 Å². The summed E-state index contributed by atoms with van der Waals surface area (Å²) in [4.78, 5) is 7.95. The zero-order valence-corrected chi connectivity index (χ0v) is 7.72. The van der Waals surface area contributed by atoms with Crippen LogP contribution in [-0.4, -0.2) is 16.5 Å². The van der Waals surface area contributed by atoms with E-state index in [0.717, 1.165) is 11.0 Å². The standard InChI is InChI=1S/C6H9BrN4/c1-2-9-6-10-3-4(7)5(8)11-6/h3H,2H2,1H3,(H3,8,9,10,11). The lowest BCUT2D eigenvalue weighted by molar-refractivity contribution is 1.08. The molecule has 0 atom stereocenters. The largest absolute Gasteiger partial charge is 0.383 e. The summed E-state index contributed by atoms with van der Waals surface area (Å²) in [6, 6.07) is 0. The van der Waals surface area contributed by atoms with Crippen molar-refractivity contribution in [3.8, 4) is 0 Å². The van der Waals surface area contributed by atoms with E-state index in [4.69, 9.17) is 5.73 Å². The first-order chi connectivity index (χ1) is 5.24. The van der Waals surface area contributed by atoms with E-state index < -0.39 is 0 Å². The van der Waals surface area contributed by atoms with Gasteiger partial charge in [0, 0.05) is 12.7 Å². The molecule has 0 aliphatic carbocycles. The van der Waals surface area contributed by atoms with Gasteiger partial charge in [-0.05, 0) is 22.9 Å². The summed E-state index contributed by atoms with van der Waals surface area (Å²) >= 11 is 3.20. The third-order valence-corrected chi connectivity index (χ3v) is 1.72. The van der Waals surface area contributed by atoms with Gasteiger partial charge in [-0.1, -0.05) is 0 Å². The van der Waals surface area contributed by atoms with E-state index in [1.807, 2.05) is 6.92 Å². The van der Waals surface area contributed by atoms with Gasteiger partial charge in [-0.25, -0.2) is 4.98 Å². The molecule has 1 aromatic rings. The lowest BCUT2D eigenvalue weighted by Crippen LogP contribution is -2.03. The predicted molar refractivity (Wildman–Crippen MR) is 48.3 cm³/mol. The predicted octanol–water partition coefficient (Wildman–Crippen LogP) is 1.25. The molecule has 4 nitrogen and oxygen atoms in total. The quantitative estimate of drug-likeness (QED) is 0.782. The zero-order chi connectivity index (χ0) is 8.27. The van der Waals surface area contributed by atoms with Gasteiger partial charge in [-0.2, -0.15) is 4.98 Å². The zero-order valence-electron chi connectivity index (χ0n) is 6.13. The van der Waals surface area contributed by atoms with Crippen LogP contribution in [0.15, 0.2) is 10.7 Å². The van der Waals surface area contributed by atoms with E-state index in [2.05, 4.69) is 31.2 Å². The van der Waals surface area contributed by atoms with Crippen molar-refractivity contribution in [2.45, 2.75) is 6.92 Å². The van der Waals surface area contributed by atoms with E-state index in [1.165, 1.54) is 0 Å². The minimum Gasteiger partial charge on any atom is -0.383 e. The van der Waals surface area contributed by atoms with Gasteiger partial charge in [0.25, 0.3) is 0 Å². The van der Waals surface area contributed by atoms with Gasteiger partial charge in [0.2, 0.25) is 5.95 Å². The molecular formula is C6H9BrN4. The van der Waals surface area contributed by atoms with Gasteiger partial charge in [0.05, 0.1) is 4.47 Å². The number of nitrogen functional groups attached to an aromatic ring is 1. The maximum Gasteiger partial charge on any atom is 0.224 e. The van der Waals surface area contributed by atoms with Crippen LogP contribution < -0.4 is 11.1 Å². The molecule has 0 amide bonds. The highest BCUT2D eigenvalue weighted by atomic mass is 79.9. The van der Waals surface area contributed by atoms with Crippen molar-refractivity contribution < 1.29 is 0 Å². The molecule has 60 valence electrons. The fourth-order valence-electron chi connectivity index (χ4n) is 0.624. The van der Waals surface area contributed by atoms with Crippen molar-refractivity contribution in [2.24, 2.45) is 0 Å². The number of nitrogens with one attached hydrogen (secondary N) is 1. The van der Waals surface area contributed by atoms with E-state index in [0.29, 0.717) is 11.8 Å². The molecule has 1 aromatic heterocycles. The molecule has 0 spiro atoms. The normalized spacial score (nSPS) is 9.64. The van der Waals surface area contributed by atoms with Gasteiger partial charge < -0.3 is 11.1 Å². The average Bonchev–Trinajstić information content (AvgIpc) is 1.98. The Hall–Kier alpha value is -0.840. The van der Waals surface area contributed by atoms with Crippen molar-refractivity contribution in [1.29, 1.82) is 0 Å². The molecule has 1 rings (SSSR count). The van der Waals surface area contributed by atoms with Crippen molar-refractivity contribution >= 4 is 27.7 Å². The molecule has 0 aromatic carbocycles. The average molecular weight is 217 g/mol. The van der Waals surface area contributed by atoms with Gasteiger partial charge in [0.1, 0.15) is 5.82 Å². The molecule has 0 saturated heterocycles. The number of halogens is 1. The Morgan fingerprint density at radius 2 is 2.45 bits per heavy atom. The van der Waals surface area contributed by atoms with Crippen molar-refractivity contribution in [3.63, 3.8) is 0 Å². The third kappa shape index (κ3) is 2.04. The van der Waals surface area contributed by atoms with Crippen LogP contribution in [0.1, 0.15) is 6.92 Å². The second-order valence-corrected chi connectivity index (χ2v) is 2.81. The smallest absolute Gasteiger partial charge is 0.224 e. The molecule has 5 heteroatoms. The first kappa shape index (κ1) is 8.26. The number of rotatable bonds is 2. The SMILES string of the molecule is CCNc1ncc(Br)c(N)n1. The summed E-state index contributed by atoms with van der Waals surface area (Å²) in [6.45, 7) is 2.77. The number of hydrogen-bond donors (Lipinski definition) is 2. The van der Waals surface area contributed by atoms with Crippen LogP contribution in [0.4, 0.5) is 11.8 Å². The molecule has 0 fully saturated rings. The topological polar surface area (TPSA) is 63.8 Å². The lowest BCUT2D eigenvalue weighted by Gasteiger charge is -2.01. The summed E-state index contributed by atoms with van der Waals surface area (Å²) < 4.78 is 0.721. The Labute approximate surface area is 73.4 Å². The van der Waals surface area contributed by atoms with Crippen LogP contribution in [0.3, 0.4) is 0 Å². The molecule has 0 saturated carbocycles. The number of hydrogen-bond acceptors (Lipinski definition) is 4. The van der Waals surface area contributed by atoms with Crippen molar-refractivity contribution in [2.75, 3.05) is 17.6 Å². The van der Waals surface area contributed by atoms with E-state index in [-0.39, 0.29) is 0 Å². The first-order valence-corrected chi connectivity index (χ1v) is 4.05. The number of anilines is 2. The number of aromatic nitrogens is 2. The molecule has 0 unspecified atom stereocenters. The highest BCUT2D eigenvalue weighted by Crippen LogP contribution is 2.15. The molecule has 0 bridgehead atoms. The fraction of sp³-hybridized carbons (Fsp3) is 0.333. The van der Waals surface area contributed by atoms with Crippen LogP contribution >= 0.6 is 15.9 Å². The lowest BCUT2D eigenvalue weighted by atomic mass is 10.6. The molecule has 0 aliphatic rings. The summed E-state index contributed by atoms with van der Waals surface area (Å²) in [5, 5.41) is 2.95. The molecule has 0 radical (unpaired) electrons. The second-order valence-electron chi connectivity index (χ2n) is 1.96. The highest BCUT2D eigenvalue weighted by molar-refractivity contribution is 9.10. The summed E-state index contributed by atoms with van der Waals surface area (Å²) in [7, 11) is 0. The van der Waals surface area contributed by atoms with Gasteiger partial charge >= 0.3 is 0 Å². The van der Waals surface area contributed by atoms with Gasteiger partial charge in [-0.3, -0.25) is 0 Å². The second kappa shape index (κ2) is 3.52. The van der Waals surface area contributed by atoms with Gasteiger partial charge in [-0.15, -0.1) is 0 Å². The van der Waals surface area contributed by atoms with E-state index in [9.17, 15) is 0 Å². The van der Waals surface area contributed by atoms with Crippen LogP contribution in [-0.2, 0) is 0 Å². The monoisotopic (exact) mass is 216 g/mol. The highest BCUT2D eigenvalue weighted by Gasteiger charge is 1.98. The van der Waals surface area contributed by atoms with Crippen LogP contribution in [0, 0.1) is 0 Å². The molecule has 11 heavy (non-hydrogen) atoms. The first-order valence-electron chi connectivity index (χ1n) is 3.26. The molecule has 1 heterocycles. The molecule has 0 aliphatic heterocycles. The summed E-state index contributed by atoms with van der Waals surface area (Å²) in [5.74, 6) is 1.02. The van der Waals surface area contributed by atoms with Crippen LogP contribution in [0.5, 0.6) is 0 Å². The Morgan fingerprint density at radius 3 is 3.00 bits per heavy atom. The third-order valence-electron chi connectivity index (χ3n) is 1.11. The Kier molecular flexibility index (Phi) is 2.64. The fourth-order valence-corrected chi connectivity index (χ4v) is 0.815. The van der Waals surface area contributed by atoms with Crippen molar-refractivity contribution in [3.05, 3.63) is 10.7 Å². The minimum absolute atomic E-state index is 0.455. The Bertz CT molecular complexity index is 250. The number of nitrogens with two attached hydrogens (primary N) is 1. The van der Waals surface area contributed by atoms with Crippen molar-refractivity contribution in [1.82, 2.24) is 9.97 Å². The Balaban J connectivity index is 2.86. The Morgan fingerprint density at radius 1 is 1.73 bits per heavy atom. The van der Waals surface area contributed by atoms with Crippen LogP contribution in [0.2, 0.25) is 0 Å². The minimum atomic E-state index is 0.455.